The molecular formula is C12H17NO3. The Labute approximate surface area is 95.0 Å². The molecule has 0 N–H and O–H groups in total. The lowest BCUT2D eigenvalue weighted by molar-refractivity contribution is -0.146. The van der Waals surface area contributed by atoms with Gasteiger partial charge in [-0.25, -0.2) is 0 Å². The van der Waals surface area contributed by atoms with Gasteiger partial charge < -0.3 is 9.26 Å². The van der Waals surface area contributed by atoms with Crippen molar-refractivity contribution in [3.05, 3.63) is 17.5 Å². The van der Waals surface area contributed by atoms with Crippen LogP contribution < -0.4 is 0 Å². The topological polar surface area (TPSA) is 52.3 Å². The quantitative estimate of drug-likeness (QED) is 0.722. The van der Waals surface area contributed by atoms with Gasteiger partial charge in [0.2, 0.25) is 0 Å². The highest BCUT2D eigenvalue weighted by atomic mass is 16.5. The molecule has 0 amide bonds. The second kappa shape index (κ2) is 4.68. The van der Waals surface area contributed by atoms with E-state index in [0.717, 1.165) is 37.1 Å². The van der Waals surface area contributed by atoms with Crippen LogP contribution in [-0.2, 0) is 9.53 Å². The van der Waals surface area contributed by atoms with E-state index >= 15 is 0 Å². The first-order valence-corrected chi connectivity index (χ1v) is 5.71. The summed E-state index contributed by atoms with van der Waals surface area (Å²) in [6.45, 7) is 1.90. The number of ether oxygens (including phenoxy) is 1. The molecule has 0 atom stereocenters. The van der Waals surface area contributed by atoms with Crippen LogP contribution in [0.4, 0.5) is 0 Å². The summed E-state index contributed by atoms with van der Waals surface area (Å²) in [6.07, 6.45) is 3.77. The highest BCUT2D eigenvalue weighted by molar-refractivity contribution is 5.72. The lowest BCUT2D eigenvalue weighted by atomic mass is 9.80. The Kier molecular flexibility index (Phi) is 3.27. The van der Waals surface area contributed by atoms with Gasteiger partial charge in [0, 0.05) is 12.0 Å². The zero-order valence-corrected chi connectivity index (χ0v) is 9.73. The van der Waals surface area contributed by atoms with E-state index in [1.54, 1.807) is 0 Å². The summed E-state index contributed by atoms with van der Waals surface area (Å²) in [6, 6.07) is 1.99. The normalized spacial score (nSPS) is 25.4. The summed E-state index contributed by atoms with van der Waals surface area (Å²) in [7, 11) is 1.45. The molecule has 2 rings (SSSR count). The molecule has 1 aromatic heterocycles. The SMILES string of the molecule is COC(=O)[C@H]1CC[C@H](c2cc(C)on2)CC1. The molecular weight excluding hydrogens is 206 g/mol. The highest BCUT2D eigenvalue weighted by Gasteiger charge is 2.28. The van der Waals surface area contributed by atoms with Gasteiger partial charge in [-0.05, 0) is 32.6 Å². The van der Waals surface area contributed by atoms with Crippen LogP contribution in [0.5, 0.6) is 0 Å². The van der Waals surface area contributed by atoms with Crippen LogP contribution in [0.25, 0.3) is 0 Å². The molecule has 0 unspecified atom stereocenters. The Morgan fingerprint density at radius 2 is 2.12 bits per heavy atom. The number of hydrogen-bond donors (Lipinski definition) is 0. The van der Waals surface area contributed by atoms with Crippen LogP contribution >= 0.6 is 0 Å². The Balaban J connectivity index is 1.92. The van der Waals surface area contributed by atoms with Crippen molar-refractivity contribution in [2.24, 2.45) is 5.92 Å². The third-order valence-corrected chi connectivity index (χ3v) is 3.33. The van der Waals surface area contributed by atoms with Crippen LogP contribution in [0.2, 0.25) is 0 Å². The molecule has 1 aliphatic rings. The van der Waals surface area contributed by atoms with Crippen molar-refractivity contribution in [3.8, 4) is 0 Å². The number of rotatable bonds is 2. The van der Waals surface area contributed by atoms with E-state index < -0.39 is 0 Å². The van der Waals surface area contributed by atoms with Crippen molar-refractivity contribution < 1.29 is 14.1 Å². The van der Waals surface area contributed by atoms with Gasteiger partial charge in [-0.1, -0.05) is 5.16 Å². The largest absolute Gasteiger partial charge is 0.469 e. The average molecular weight is 223 g/mol. The number of carbonyl (C=O) groups excluding carboxylic acids is 1. The fourth-order valence-corrected chi connectivity index (χ4v) is 2.37. The van der Waals surface area contributed by atoms with E-state index in [2.05, 4.69) is 5.16 Å². The molecule has 0 radical (unpaired) electrons. The number of carbonyl (C=O) groups is 1. The summed E-state index contributed by atoms with van der Waals surface area (Å²) < 4.78 is 9.83. The van der Waals surface area contributed by atoms with Gasteiger partial charge >= 0.3 is 5.97 Å². The zero-order valence-electron chi connectivity index (χ0n) is 9.73. The number of nitrogens with zero attached hydrogens (tertiary/aromatic N) is 1. The summed E-state index contributed by atoms with van der Waals surface area (Å²) in [5.74, 6) is 1.30. The smallest absolute Gasteiger partial charge is 0.308 e. The van der Waals surface area contributed by atoms with E-state index in [1.807, 2.05) is 13.0 Å². The first kappa shape index (κ1) is 11.2. The number of aryl methyl sites for hydroxylation is 1. The fraction of sp³-hybridized carbons (Fsp3) is 0.667. The molecule has 88 valence electrons. The Bertz CT molecular complexity index is 364. The minimum Gasteiger partial charge on any atom is -0.469 e. The van der Waals surface area contributed by atoms with Gasteiger partial charge in [0.15, 0.2) is 0 Å². The van der Waals surface area contributed by atoms with Crippen LogP contribution in [0, 0.1) is 12.8 Å². The van der Waals surface area contributed by atoms with E-state index in [4.69, 9.17) is 9.26 Å². The molecule has 0 saturated heterocycles. The van der Waals surface area contributed by atoms with Crippen molar-refractivity contribution in [3.63, 3.8) is 0 Å². The van der Waals surface area contributed by atoms with E-state index in [9.17, 15) is 4.79 Å². The van der Waals surface area contributed by atoms with Crippen molar-refractivity contribution in [2.45, 2.75) is 38.5 Å². The van der Waals surface area contributed by atoms with E-state index in [1.165, 1.54) is 7.11 Å². The molecule has 4 heteroatoms. The van der Waals surface area contributed by atoms with Crippen LogP contribution in [0.3, 0.4) is 0 Å². The van der Waals surface area contributed by atoms with Crippen molar-refractivity contribution in [1.29, 1.82) is 0 Å². The predicted octanol–water partition coefficient (Wildman–Crippen LogP) is 2.43. The van der Waals surface area contributed by atoms with Gasteiger partial charge in [0.25, 0.3) is 0 Å². The second-order valence-electron chi connectivity index (χ2n) is 4.43. The predicted molar refractivity (Wildman–Crippen MR) is 58.0 cm³/mol. The average Bonchev–Trinajstić information content (AvgIpc) is 2.75. The maximum Gasteiger partial charge on any atom is 0.308 e. The summed E-state index contributed by atoms with van der Waals surface area (Å²) in [5.41, 5.74) is 1.03. The Hall–Kier alpha value is -1.32. The molecule has 0 aliphatic heterocycles. The molecule has 1 fully saturated rings. The molecule has 1 heterocycles. The van der Waals surface area contributed by atoms with Gasteiger partial charge in [-0.3, -0.25) is 4.79 Å². The summed E-state index contributed by atoms with van der Waals surface area (Å²) >= 11 is 0. The molecule has 4 nitrogen and oxygen atoms in total. The molecule has 1 aromatic rings. The van der Waals surface area contributed by atoms with Gasteiger partial charge in [-0.2, -0.15) is 0 Å². The Morgan fingerprint density at radius 1 is 1.44 bits per heavy atom. The fourth-order valence-electron chi connectivity index (χ4n) is 2.37. The van der Waals surface area contributed by atoms with Crippen molar-refractivity contribution in [2.75, 3.05) is 7.11 Å². The molecule has 16 heavy (non-hydrogen) atoms. The zero-order chi connectivity index (χ0) is 11.5. The number of aromatic nitrogens is 1. The molecule has 1 aliphatic carbocycles. The lowest BCUT2D eigenvalue weighted by Gasteiger charge is -2.25. The minimum absolute atomic E-state index is 0.0743. The van der Waals surface area contributed by atoms with E-state index in [0.29, 0.717) is 5.92 Å². The third-order valence-electron chi connectivity index (χ3n) is 3.33. The van der Waals surface area contributed by atoms with Crippen molar-refractivity contribution >= 4 is 5.97 Å². The molecule has 1 saturated carbocycles. The summed E-state index contributed by atoms with van der Waals surface area (Å²) in [4.78, 5) is 11.4. The number of methoxy groups -OCH3 is 1. The minimum atomic E-state index is -0.0743. The maximum atomic E-state index is 11.4. The highest BCUT2D eigenvalue weighted by Crippen LogP contribution is 2.35. The lowest BCUT2D eigenvalue weighted by Crippen LogP contribution is -2.22. The van der Waals surface area contributed by atoms with Gasteiger partial charge in [0.1, 0.15) is 5.76 Å². The van der Waals surface area contributed by atoms with E-state index in [-0.39, 0.29) is 11.9 Å². The standard InChI is InChI=1S/C12H17NO3/c1-8-7-11(13-16-8)9-3-5-10(6-4-9)12(14)15-2/h7,9-10H,3-6H2,1-2H3/t9-,10-. The van der Waals surface area contributed by atoms with Crippen molar-refractivity contribution in [1.82, 2.24) is 5.16 Å². The number of esters is 1. The second-order valence-corrected chi connectivity index (χ2v) is 4.43. The van der Waals surface area contributed by atoms with Crippen LogP contribution in [-0.4, -0.2) is 18.2 Å². The van der Waals surface area contributed by atoms with Crippen LogP contribution in [0.15, 0.2) is 10.6 Å². The van der Waals surface area contributed by atoms with Gasteiger partial charge in [0.05, 0.1) is 18.7 Å². The van der Waals surface area contributed by atoms with Crippen LogP contribution in [0.1, 0.15) is 43.1 Å². The molecule has 0 bridgehead atoms. The first-order chi connectivity index (χ1) is 7.70. The molecule has 0 spiro atoms. The van der Waals surface area contributed by atoms with Gasteiger partial charge in [-0.15, -0.1) is 0 Å². The summed E-state index contributed by atoms with van der Waals surface area (Å²) in [5, 5.41) is 4.04. The molecule has 0 aromatic carbocycles. The Morgan fingerprint density at radius 3 is 2.62 bits per heavy atom. The monoisotopic (exact) mass is 223 g/mol. The number of hydrogen-bond acceptors (Lipinski definition) is 4. The maximum absolute atomic E-state index is 11.4. The third kappa shape index (κ3) is 2.26. The first-order valence-electron chi connectivity index (χ1n) is 5.71.